The molecule has 0 aliphatic heterocycles. The largest absolute Gasteiger partial charge is 0.392 e. The molecule has 4 N–H and O–H groups in total. The summed E-state index contributed by atoms with van der Waals surface area (Å²) in [5, 5.41) is 26.5. The molecule has 10 heteroatoms. The van der Waals surface area contributed by atoms with E-state index in [1.165, 1.54) is 12.1 Å². The molecule has 0 aromatic heterocycles. The lowest BCUT2D eigenvalue weighted by atomic mass is 10.1. The third-order valence-corrected chi connectivity index (χ3v) is 6.18. The number of hydrogen-bond acceptors (Lipinski definition) is 6. The Morgan fingerprint density at radius 3 is 2.28 bits per heavy atom. The number of halogens is 2. The second kappa shape index (κ2) is 14.1. The van der Waals surface area contributed by atoms with Crippen molar-refractivity contribution < 1.29 is 24.2 Å². The Hall–Kier alpha value is -3.44. The monoisotopic (exact) mass is 598 g/mol. The summed E-state index contributed by atoms with van der Waals surface area (Å²) in [4.78, 5) is 28.0. The lowest BCUT2D eigenvalue weighted by Crippen LogP contribution is -2.35. The van der Waals surface area contributed by atoms with E-state index in [0.717, 1.165) is 5.56 Å². The number of benzene rings is 3. The molecule has 8 nitrogen and oxygen atoms in total. The molecule has 3 aromatic carbocycles. The number of aliphatic hydroxyl groups is 2. The summed E-state index contributed by atoms with van der Waals surface area (Å²) in [6, 6.07) is 17.8. The van der Waals surface area contributed by atoms with E-state index < -0.39 is 29.8 Å². The normalized spacial score (nSPS) is 13.2. The van der Waals surface area contributed by atoms with Gasteiger partial charge in [-0.1, -0.05) is 40.2 Å². The van der Waals surface area contributed by atoms with E-state index in [0.29, 0.717) is 40.9 Å². The molecule has 0 radical (unpaired) electrons. The Balaban J connectivity index is 1.76. The minimum Gasteiger partial charge on any atom is -0.392 e. The van der Waals surface area contributed by atoms with Gasteiger partial charge in [0.05, 0.1) is 29.2 Å². The standard InChI is InChI=1S/C29H32BrFN4O4/c1-18(36)15-35(16-19(2)37)17-21-6-4-8-23(12-21)28(38)32-27-11-10-24(30)14-26(27)29(39)34-33-20(3)22-7-5-9-25(31)13-22/h4-14,18-19,36-37H,15-17H2,1-3H3,(H,32,38)(H,34,39)/b33-20-. The second-order valence-corrected chi connectivity index (χ2v) is 10.3. The van der Waals surface area contributed by atoms with E-state index >= 15 is 0 Å². The van der Waals surface area contributed by atoms with E-state index in [4.69, 9.17) is 0 Å². The third kappa shape index (κ3) is 9.36. The van der Waals surface area contributed by atoms with Crippen LogP contribution >= 0.6 is 15.9 Å². The zero-order valence-electron chi connectivity index (χ0n) is 22.0. The fourth-order valence-electron chi connectivity index (χ4n) is 4.00. The molecule has 2 atom stereocenters. The fraction of sp³-hybridized carbons (Fsp3) is 0.276. The molecule has 0 bridgehead atoms. The van der Waals surface area contributed by atoms with Gasteiger partial charge in [0, 0.05) is 35.2 Å². The molecule has 0 spiro atoms. The zero-order valence-corrected chi connectivity index (χ0v) is 23.6. The second-order valence-electron chi connectivity index (χ2n) is 9.39. The zero-order chi connectivity index (χ0) is 28.5. The number of anilines is 1. The van der Waals surface area contributed by atoms with Crippen molar-refractivity contribution >= 4 is 39.1 Å². The Morgan fingerprint density at radius 2 is 1.62 bits per heavy atom. The van der Waals surface area contributed by atoms with Crippen LogP contribution in [0.5, 0.6) is 0 Å². The first-order valence-corrected chi connectivity index (χ1v) is 13.2. The first kappa shape index (κ1) is 30.1. The molecule has 0 heterocycles. The van der Waals surface area contributed by atoms with Crippen LogP contribution in [-0.4, -0.2) is 57.9 Å². The summed E-state index contributed by atoms with van der Waals surface area (Å²) in [6.07, 6.45) is -1.14. The summed E-state index contributed by atoms with van der Waals surface area (Å²) in [6.45, 7) is 6.19. The van der Waals surface area contributed by atoms with Crippen LogP contribution in [0, 0.1) is 5.82 Å². The van der Waals surface area contributed by atoms with Crippen LogP contribution in [0.15, 0.2) is 76.3 Å². The highest BCUT2D eigenvalue weighted by molar-refractivity contribution is 9.10. The summed E-state index contributed by atoms with van der Waals surface area (Å²) in [5.41, 5.74) is 5.10. The van der Waals surface area contributed by atoms with Gasteiger partial charge in [-0.3, -0.25) is 14.5 Å². The number of aliphatic hydroxyl groups excluding tert-OH is 2. The van der Waals surface area contributed by atoms with Gasteiger partial charge in [0.25, 0.3) is 11.8 Å². The number of carbonyl (C=O) groups is 2. The van der Waals surface area contributed by atoms with Crippen molar-refractivity contribution in [2.24, 2.45) is 5.10 Å². The van der Waals surface area contributed by atoms with Crippen molar-refractivity contribution in [1.82, 2.24) is 10.3 Å². The SMILES string of the molecule is C/C(=N/NC(=O)c1cc(Br)ccc1NC(=O)c1cccc(CN(CC(C)O)CC(C)O)c1)c1cccc(F)c1. The first-order valence-electron chi connectivity index (χ1n) is 12.4. The fourth-order valence-corrected chi connectivity index (χ4v) is 4.36. The number of nitrogens with zero attached hydrogens (tertiary/aromatic N) is 2. The van der Waals surface area contributed by atoms with Gasteiger partial charge in [0.15, 0.2) is 0 Å². The lowest BCUT2D eigenvalue weighted by Gasteiger charge is -2.25. The number of carbonyl (C=O) groups excluding carboxylic acids is 2. The van der Waals surface area contributed by atoms with Crippen LogP contribution in [-0.2, 0) is 6.54 Å². The Kier molecular flexibility index (Phi) is 10.9. The van der Waals surface area contributed by atoms with Crippen molar-refractivity contribution in [3.8, 4) is 0 Å². The average Bonchev–Trinajstić information content (AvgIpc) is 2.87. The van der Waals surface area contributed by atoms with E-state index in [1.807, 2.05) is 11.0 Å². The number of hydrogen-bond donors (Lipinski definition) is 4. The smallest absolute Gasteiger partial charge is 0.273 e. The van der Waals surface area contributed by atoms with Gasteiger partial charge in [-0.05, 0) is 68.8 Å². The van der Waals surface area contributed by atoms with Crippen molar-refractivity contribution in [1.29, 1.82) is 0 Å². The molecule has 0 aliphatic carbocycles. The summed E-state index contributed by atoms with van der Waals surface area (Å²) in [7, 11) is 0. The van der Waals surface area contributed by atoms with Crippen molar-refractivity contribution in [2.45, 2.75) is 39.5 Å². The summed E-state index contributed by atoms with van der Waals surface area (Å²) < 4.78 is 14.2. The van der Waals surface area contributed by atoms with Gasteiger partial charge in [-0.25, -0.2) is 9.82 Å². The molecule has 2 unspecified atom stereocenters. The van der Waals surface area contributed by atoms with Gasteiger partial charge in [0.1, 0.15) is 5.82 Å². The van der Waals surface area contributed by atoms with Crippen LogP contribution in [0.25, 0.3) is 0 Å². The number of nitrogens with one attached hydrogen (secondary N) is 2. The molecule has 0 saturated carbocycles. The highest BCUT2D eigenvalue weighted by atomic mass is 79.9. The third-order valence-electron chi connectivity index (χ3n) is 5.68. The van der Waals surface area contributed by atoms with E-state index in [2.05, 4.69) is 31.8 Å². The topological polar surface area (TPSA) is 114 Å². The van der Waals surface area contributed by atoms with Crippen LogP contribution < -0.4 is 10.7 Å². The van der Waals surface area contributed by atoms with Crippen molar-refractivity contribution in [2.75, 3.05) is 18.4 Å². The van der Waals surface area contributed by atoms with Crippen LogP contribution in [0.1, 0.15) is 52.6 Å². The van der Waals surface area contributed by atoms with Gasteiger partial charge >= 0.3 is 0 Å². The van der Waals surface area contributed by atoms with Gasteiger partial charge < -0.3 is 15.5 Å². The molecule has 0 saturated heterocycles. The van der Waals surface area contributed by atoms with Gasteiger partial charge in [-0.15, -0.1) is 0 Å². The van der Waals surface area contributed by atoms with Crippen molar-refractivity contribution in [3.63, 3.8) is 0 Å². The minimum atomic E-state index is -0.570. The van der Waals surface area contributed by atoms with E-state index in [1.54, 1.807) is 69.3 Å². The molecule has 206 valence electrons. The van der Waals surface area contributed by atoms with Gasteiger partial charge in [0.2, 0.25) is 0 Å². The average molecular weight is 600 g/mol. The predicted molar refractivity (Wildman–Crippen MR) is 153 cm³/mol. The molecule has 39 heavy (non-hydrogen) atoms. The number of hydrazone groups is 1. The van der Waals surface area contributed by atoms with E-state index in [-0.39, 0.29) is 11.3 Å². The highest BCUT2D eigenvalue weighted by Crippen LogP contribution is 2.22. The highest BCUT2D eigenvalue weighted by Gasteiger charge is 2.17. The Bertz CT molecular complexity index is 1340. The molecular formula is C29H32BrFN4O4. The number of amides is 2. The molecular weight excluding hydrogens is 567 g/mol. The van der Waals surface area contributed by atoms with Crippen LogP contribution in [0.2, 0.25) is 0 Å². The van der Waals surface area contributed by atoms with Gasteiger partial charge in [-0.2, -0.15) is 5.10 Å². The Morgan fingerprint density at radius 1 is 0.949 bits per heavy atom. The Labute approximate surface area is 235 Å². The van der Waals surface area contributed by atoms with Crippen LogP contribution in [0.3, 0.4) is 0 Å². The number of rotatable bonds is 11. The summed E-state index contributed by atoms with van der Waals surface area (Å²) in [5.74, 6) is -1.37. The molecule has 0 aliphatic rings. The molecule has 3 rings (SSSR count). The van der Waals surface area contributed by atoms with Crippen LogP contribution in [0.4, 0.5) is 10.1 Å². The lowest BCUT2D eigenvalue weighted by molar-refractivity contribution is 0.0793. The first-order chi connectivity index (χ1) is 18.5. The summed E-state index contributed by atoms with van der Waals surface area (Å²) >= 11 is 3.36. The predicted octanol–water partition coefficient (Wildman–Crippen LogP) is 4.56. The maximum Gasteiger partial charge on any atom is 0.273 e. The minimum absolute atomic E-state index is 0.185. The van der Waals surface area contributed by atoms with E-state index in [9.17, 15) is 24.2 Å². The van der Waals surface area contributed by atoms with Crippen molar-refractivity contribution in [3.05, 3.63) is 99.3 Å². The molecule has 2 amide bonds. The maximum absolute atomic E-state index is 13.5. The maximum atomic E-state index is 13.5. The quantitative estimate of drug-likeness (QED) is 0.191. The molecule has 0 fully saturated rings. The molecule has 3 aromatic rings.